The van der Waals surface area contributed by atoms with Gasteiger partial charge in [0, 0.05) is 25.2 Å². The van der Waals surface area contributed by atoms with Gasteiger partial charge < -0.3 is 14.3 Å². The molecule has 98 valence electrons. The highest BCUT2D eigenvalue weighted by atomic mass is 19.1. The maximum atomic E-state index is 13.5. The second kappa shape index (κ2) is 5.93. The fraction of sp³-hybridized carbons (Fsp3) is 0.462. The van der Waals surface area contributed by atoms with E-state index in [-0.39, 0.29) is 11.6 Å². The number of halogens is 1. The van der Waals surface area contributed by atoms with E-state index in [2.05, 4.69) is 4.90 Å². The van der Waals surface area contributed by atoms with Crippen molar-refractivity contribution < 1.29 is 18.7 Å². The highest BCUT2D eigenvalue weighted by Gasteiger charge is 2.21. The average Bonchev–Trinajstić information content (AvgIpc) is 2.39. The first-order valence-electron chi connectivity index (χ1n) is 5.85. The zero-order valence-electron chi connectivity index (χ0n) is 10.3. The Morgan fingerprint density at radius 1 is 1.61 bits per heavy atom. The molecule has 1 aromatic carbocycles. The van der Waals surface area contributed by atoms with Crippen molar-refractivity contribution in [1.29, 1.82) is 0 Å². The van der Waals surface area contributed by atoms with Crippen molar-refractivity contribution in [3.63, 3.8) is 0 Å². The molecule has 0 N–H and O–H groups in total. The Morgan fingerprint density at radius 3 is 3.17 bits per heavy atom. The van der Waals surface area contributed by atoms with Gasteiger partial charge in [0.05, 0.1) is 13.7 Å². The van der Waals surface area contributed by atoms with Crippen LogP contribution in [0.3, 0.4) is 0 Å². The van der Waals surface area contributed by atoms with Crippen LogP contribution >= 0.6 is 0 Å². The van der Waals surface area contributed by atoms with Gasteiger partial charge in [0.1, 0.15) is 12.4 Å². The molecule has 0 amide bonds. The highest BCUT2D eigenvalue weighted by Crippen LogP contribution is 2.24. The fourth-order valence-electron chi connectivity index (χ4n) is 2.11. The first-order chi connectivity index (χ1) is 8.74. The second-order valence-electron chi connectivity index (χ2n) is 4.21. The van der Waals surface area contributed by atoms with Crippen molar-refractivity contribution in [2.24, 2.45) is 0 Å². The summed E-state index contributed by atoms with van der Waals surface area (Å²) in [5.41, 5.74) is 0.782. The maximum Gasteiger partial charge on any atom is 0.165 e. The van der Waals surface area contributed by atoms with E-state index in [1.54, 1.807) is 6.07 Å². The van der Waals surface area contributed by atoms with Crippen molar-refractivity contribution in [2.75, 3.05) is 26.8 Å². The van der Waals surface area contributed by atoms with Crippen LogP contribution in [-0.4, -0.2) is 44.1 Å². The quantitative estimate of drug-likeness (QED) is 0.757. The van der Waals surface area contributed by atoms with Gasteiger partial charge in [0.2, 0.25) is 0 Å². The number of morpholine rings is 1. The van der Waals surface area contributed by atoms with Gasteiger partial charge in [-0.05, 0) is 6.07 Å². The second-order valence-corrected chi connectivity index (χ2v) is 4.21. The SMILES string of the molecule is COc1c(F)cccc1CN1CCOC(C=O)C1. The molecule has 1 aliphatic heterocycles. The Morgan fingerprint density at radius 2 is 2.44 bits per heavy atom. The van der Waals surface area contributed by atoms with E-state index in [1.807, 2.05) is 6.07 Å². The molecule has 0 saturated carbocycles. The summed E-state index contributed by atoms with van der Waals surface area (Å²) in [5.74, 6) is -0.0955. The Kier molecular flexibility index (Phi) is 4.28. The van der Waals surface area contributed by atoms with E-state index >= 15 is 0 Å². The van der Waals surface area contributed by atoms with Gasteiger partial charge in [0.25, 0.3) is 0 Å². The van der Waals surface area contributed by atoms with E-state index < -0.39 is 6.10 Å². The predicted octanol–water partition coefficient (Wildman–Crippen LogP) is 1.23. The number of carbonyl (C=O) groups excluding carboxylic acids is 1. The van der Waals surface area contributed by atoms with Gasteiger partial charge in [-0.25, -0.2) is 4.39 Å². The molecular weight excluding hydrogens is 237 g/mol. The third-order valence-corrected chi connectivity index (χ3v) is 2.98. The number of methoxy groups -OCH3 is 1. The number of rotatable bonds is 4. The van der Waals surface area contributed by atoms with Crippen LogP contribution in [0.15, 0.2) is 18.2 Å². The number of aldehydes is 1. The lowest BCUT2D eigenvalue weighted by Crippen LogP contribution is -2.42. The number of nitrogens with zero attached hydrogens (tertiary/aromatic N) is 1. The minimum atomic E-state index is -0.390. The highest BCUT2D eigenvalue weighted by molar-refractivity contribution is 5.56. The maximum absolute atomic E-state index is 13.5. The molecule has 1 unspecified atom stereocenters. The van der Waals surface area contributed by atoms with Crippen LogP contribution < -0.4 is 4.74 Å². The lowest BCUT2D eigenvalue weighted by Gasteiger charge is -2.30. The number of hydrogen-bond acceptors (Lipinski definition) is 4. The van der Waals surface area contributed by atoms with Crippen molar-refractivity contribution in [3.05, 3.63) is 29.6 Å². The summed E-state index contributed by atoms with van der Waals surface area (Å²) >= 11 is 0. The van der Waals surface area contributed by atoms with E-state index in [4.69, 9.17) is 9.47 Å². The van der Waals surface area contributed by atoms with Crippen molar-refractivity contribution in [1.82, 2.24) is 4.90 Å². The van der Waals surface area contributed by atoms with Crippen molar-refractivity contribution in [3.8, 4) is 5.75 Å². The number of ether oxygens (including phenoxy) is 2. The minimum Gasteiger partial charge on any atom is -0.493 e. The number of para-hydroxylation sites is 1. The van der Waals surface area contributed by atoms with Crippen molar-refractivity contribution >= 4 is 6.29 Å². The first kappa shape index (κ1) is 13.0. The van der Waals surface area contributed by atoms with E-state index in [1.165, 1.54) is 13.2 Å². The van der Waals surface area contributed by atoms with Gasteiger partial charge in [-0.3, -0.25) is 4.90 Å². The summed E-state index contributed by atoms with van der Waals surface area (Å²) in [5, 5.41) is 0. The van der Waals surface area contributed by atoms with E-state index in [0.717, 1.165) is 18.4 Å². The zero-order chi connectivity index (χ0) is 13.0. The lowest BCUT2D eigenvalue weighted by atomic mass is 10.1. The largest absolute Gasteiger partial charge is 0.493 e. The smallest absolute Gasteiger partial charge is 0.165 e. The minimum absolute atomic E-state index is 0.270. The van der Waals surface area contributed by atoms with Crippen molar-refractivity contribution in [2.45, 2.75) is 12.6 Å². The first-order valence-corrected chi connectivity index (χ1v) is 5.85. The van der Waals surface area contributed by atoms with Crippen LogP contribution in [0.5, 0.6) is 5.75 Å². The summed E-state index contributed by atoms with van der Waals surface area (Å²) < 4.78 is 23.9. The molecule has 0 spiro atoms. The van der Waals surface area contributed by atoms with Crippen LogP contribution in [0.25, 0.3) is 0 Å². The predicted molar refractivity (Wildman–Crippen MR) is 64.0 cm³/mol. The standard InChI is InChI=1S/C13H16FNO3/c1-17-13-10(3-2-4-12(13)14)7-15-5-6-18-11(8-15)9-16/h2-4,9,11H,5-8H2,1H3. The molecule has 4 nitrogen and oxygen atoms in total. The molecule has 5 heteroatoms. The molecule has 0 bridgehead atoms. The third-order valence-electron chi connectivity index (χ3n) is 2.98. The van der Waals surface area contributed by atoms with E-state index in [0.29, 0.717) is 19.7 Å². The summed E-state index contributed by atoms with van der Waals surface area (Å²) in [6.45, 7) is 2.32. The summed E-state index contributed by atoms with van der Waals surface area (Å²) in [6, 6.07) is 4.86. The summed E-state index contributed by atoms with van der Waals surface area (Å²) in [7, 11) is 1.45. The van der Waals surface area contributed by atoms with Crippen LogP contribution in [0, 0.1) is 5.82 Å². The van der Waals surface area contributed by atoms with Crippen LogP contribution in [-0.2, 0) is 16.1 Å². The van der Waals surface area contributed by atoms with Gasteiger partial charge in [-0.1, -0.05) is 12.1 Å². The third kappa shape index (κ3) is 2.86. The Balaban J connectivity index is 2.09. The molecule has 1 aromatic rings. The number of benzene rings is 1. The normalized spacial score (nSPS) is 20.7. The van der Waals surface area contributed by atoms with Gasteiger partial charge in [-0.2, -0.15) is 0 Å². The zero-order valence-corrected chi connectivity index (χ0v) is 10.3. The molecule has 1 saturated heterocycles. The molecule has 0 aromatic heterocycles. The molecule has 1 aliphatic rings. The fourth-order valence-corrected chi connectivity index (χ4v) is 2.11. The summed E-state index contributed by atoms with van der Waals surface area (Å²) in [4.78, 5) is 12.8. The molecule has 1 atom stereocenters. The molecule has 1 heterocycles. The number of carbonyl (C=O) groups is 1. The summed E-state index contributed by atoms with van der Waals surface area (Å²) in [6.07, 6.45) is 0.410. The van der Waals surface area contributed by atoms with Gasteiger partial charge in [0.15, 0.2) is 11.6 Å². The molecule has 18 heavy (non-hydrogen) atoms. The molecular formula is C13H16FNO3. The monoisotopic (exact) mass is 253 g/mol. The number of hydrogen-bond donors (Lipinski definition) is 0. The Labute approximate surface area is 105 Å². The molecule has 1 fully saturated rings. The van der Waals surface area contributed by atoms with Crippen LogP contribution in [0.2, 0.25) is 0 Å². The van der Waals surface area contributed by atoms with Crippen LogP contribution in [0.4, 0.5) is 4.39 Å². The topological polar surface area (TPSA) is 38.8 Å². The van der Waals surface area contributed by atoms with Gasteiger partial charge >= 0.3 is 0 Å². The molecule has 0 aliphatic carbocycles. The Hall–Kier alpha value is -1.46. The van der Waals surface area contributed by atoms with E-state index in [9.17, 15) is 9.18 Å². The molecule has 0 radical (unpaired) electrons. The average molecular weight is 253 g/mol. The van der Waals surface area contributed by atoms with Gasteiger partial charge in [-0.15, -0.1) is 0 Å². The molecule has 2 rings (SSSR count). The lowest BCUT2D eigenvalue weighted by molar-refractivity contribution is -0.123. The van der Waals surface area contributed by atoms with Crippen LogP contribution in [0.1, 0.15) is 5.56 Å². The Bertz CT molecular complexity index is 425.